The topological polar surface area (TPSA) is 51.0 Å². The molecule has 146 valence electrons. The summed E-state index contributed by atoms with van der Waals surface area (Å²) in [5, 5.41) is 12.7. The molecule has 3 aromatic carbocycles. The largest absolute Gasteiger partial charge is 0.497 e. The third-order valence-electron chi connectivity index (χ3n) is 4.27. The lowest BCUT2D eigenvalue weighted by molar-refractivity contribution is 0.305. The first kappa shape index (κ1) is 20.0. The lowest BCUT2D eigenvalue weighted by atomic mass is 10.1. The van der Waals surface area contributed by atoms with Crippen LogP contribution in [0.4, 0.5) is 0 Å². The zero-order valence-corrected chi connectivity index (χ0v) is 16.2. The summed E-state index contributed by atoms with van der Waals surface area (Å²) in [5.74, 6) is 1.56. The van der Waals surface area contributed by atoms with Crippen molar-refractivity contribution in [1.29, 1.82) is 0 Å². The van der Waals surface area contributed by atoms with E-state index in [9.17, 15) is 5.21 Å². The Morgan fingerprint density at radius 3 is 2.28 bits per heavy atom. The van der Waals surface area contributed by atoms with Crippen molar-refractivity contribution in [2.24, 2.45) is 5.16 Å². The number of para-hydroxylation sites is 1. The Morgan fingerprint density at radius 1 is 0.862 bits per heavy atom. The minimum absolute atomic E-state index is 0.429. The van der Waals surface area contributed by atoms with E-state index < -0.39 is 0 Å². The van der Waals surface area contributed by atoms with Crippen LogP contribution in [-0.4, -0.2) is 18.0 Å². The van der Waals surface area contributed by atoms with E-state index >= 15 is 0 Å². The number of allylic oxidation sites excluding steroid dienone is 2. The summed E-state index contributed by atoms with van der Waals surface area (Å²) in [4.78, 5) is 0. The van der Waals surface area contributed by atoms with Gasteiger partial charge in [0.1, 0.15) is 23.8 Å². The maximum Gasteiger partial charge on any atom is 0.127 e. The maximum absolute atomic E-state index is 9.32. The lowest BCUT2D eigenvalue weighted by Gasteiger charge is -2.09. The first-order valence-corrected chi connectivity index (χ1v) is 9.26. The quantitative estimate of drug-likeness (QED) is 0.301. The van der Waals surface area contributed by atoms with Gasteiger partial charge >= 0.3 is 0 Å². The van der Waals surface area contributed by atoms with Crippen molar-refractivity contribution in [3.8, 4) is 11.5 Å². The van der Waals surface area contributed by atoms with E-state index in [4.69, 9.17) is 9.47 Å². The highest BCUT2D eigenvalue weighted by atomic mass is 16.5. The van der Waals surface area contributed by atoms with Gasteiger partial charge in [0.05, 0.1) is 7.11 Å². The van der Waals surface area contributed by atoms with Gasteiger partial charge in [0.25, 0.3) is 0 Å². The number of hydrogen-bond acceptors (Lipinski definition) is 4. The highest BCUT2D eigenvalue weighted by Gasteiger charge is 2.01. The summed E-state index contributed by atoms with van der Waals surface area (Å²) in [6.45, 7) is 0.490. The van der Waals surface area contributed by atoms with Crippen molar-refractivity contribution in [1.82, 2.24) is 0 Å². The summed E-state index contributed by atoms with van der Waals surface area (Å²) in [6, 6.07) is 25.4. The molecule has 0 aliphatic carbocycles. The molecule has 0 atom stereocenters. The highest BCUT2D eigenvalue weighted by Crippen LogP contribution is 2.21. The Balaban J connectivity index is 1.68. The number of hydrogen-bond donors (Lipinski definition) is 1. The Hall–Kier alpha value is -3.79. The molecule has 0 amide bonds. The molecule has 0 spiro atoms. The minimum atomic E-state index is 0.429. The molecular weight excluding hydrogens is 362 g/mol. The minimum Gasteiger partial charge on any atom is -0.497 e. The van der Waals surface area contributed by atoms with Crippen LogP contribution in [0.3, 0.4) is 0 Å². The third-order valence-corrected chi connectivity index (χ3v) is 4.27. The Labute approximate surface area is 171 Å². The Bertz CT molecular complexity index is 990. The fraction of sp³-hybridized carbons (Fsp3) is 0.0800. The van der Waals surface area contributed by atoms with Crippen molar-refractivity contribution in [3.05, 3.63) is 108 Å². The molecule has 0 heterocycles. The van der Waals surface area contributed by atoms with Gasteiger partial charge in [-0.1, -0.05) is 71.9 Å². The van der Waals surface area contributed by atoms with Gasteiger partial charge in [-0.25, -0.2) is 0 Å². The predicted molar refractivity (Wildman–Crippen MR) is 117 cm³/mol. The van der Waals surface area contributed by atoms with Gasteiger partial charge < -0.3 is 14.7 Å². The van der Waals surface area contributed by atoms with Crippen LogP contribution in [0.25, 0.3) is 12.2 Å². The SMILES string of the molecule is COc1ccc(C=CC(C=Cc2ccccc2OCc2ccccc2)=NO)cc1. The van der Waals surface area contributed by atoms with E-state index in [1.807, 2.05) is 91.0 Å². The Morgan fingerprint density at radius 2 is 1.55 bits per heavy atom. The van der Waals surface area contributed by atoms with Crippen LogP contribution in [0.2, 0.25) is 0 Å². The van der Waals surface area contributed by atoms with Gasteiger partial charge in [0.15, 0.2) is 0 Å². The molecule has 0 unspecified atom stereocenters. The summed E-state index contributed by atoms with van der Waals surface area (Å²) in [5.41, 5.74) is 3.42. The van der Waals surface area contributed by atoms with E-state index in [2.05, 4.69) is 5.16 Å². The monoisotopic (exact) mass is 385 g/mol. The zero-order valence-electron chi connectivity index (χ0n) is 16.2. The van der Waals surface area contributed by atoms with Gasteiger partial charge in [-0.3, -0.25) is 0 Å². The second-order valence-corrected chi connectivity index (χ2v) is 6.28. The molecular formula is C25H23NO3. The molecule has 0 saturated carbocycles. The fourth-order valence-corrected chi connectivity index (χ4v) is 2.68. The van der Waals surface area contributed by atoms with E-state index in [-0.39, 0.29) is 0 Å². The average molecular weight is 385 g/mol. The van der Waals surface area contributed by atoms with Crippen LogP contribution < -0.4 is 9.47 Å². The number of benzene rings is 3. The van der Waals surface area contributed by atoms with Crippen LogP contribution in [0.15, 0.2) is 96.2 Å². The molecule has 0 bridgehead atoms. The molecule has 0 fully saturated rings. The lowest BCUT2D eigenvalue weighted by Crippen LogP contribution is -1.96. The zero-order chi connectivity index (χ0) is 20.3. The second kappa shape index (κ2) is 10.5. The molecule has 4 heteroatoms. The number of nitrogens with zero attached hydrogens (tertiary/aromatic N) is 1. The standard InChI is InChI=1S/C25H23NO3/c1-28-24-17-12-20(13-18-24)11-15-23(26-27)16-14-22-9-5-6-10-25(22)29-19-21-7-3-2-4-8-21/h2-18,27H,19H2,1H3. The van der Waals surface area contributed by atoms with E-state index in [0.29, 0.717) is 12.3 Å². The van der Waals surface area contributed by atoms with Crippen LogP contribution in [-0.2, 0) is 6.61 Å². The summed E-state index contributed by atoms with van der Waals surface area (Å²) in [6.07, 6.45) is 7.22. The van der Waals surface area contributed by atoms with Crippen molar-refractivity contribution in [2.75, 3.05) is 7.11 Å². The van der Waals surface area contributed by atoms with Crippen molar-refractivity contribution < 1.29 is 14.7 Å². The highest BCUT2D eigenvalue weighted by molar-refractivity contribution is 6.08. The molecule has 0 saturated heterocycles. The second-order valence-electron chi connectivity index (χ2n) is 6.28. The smallest absolute Gasteiger partial charge is 0.127 e. The van der Waals surface area contributed by atoms with Crippen molar-refractivity contribution in [3.63, 3.8) is 0 Å². The first-order valence-electron chi connectivity index (χ1n) is 9.26. The number of methoxy groups -OCH3 is 1. The van der Waals surface area contributed by atoms with Crippen LogP contribution in [0.1, 0.15) is 16.7 Å². The van der Waals surface area contributed by atoms with Crippen LogP contribution in [0, 0.1) is 0 Å². The molecule has 0 radical (unpaired) electrons. The van der Waals surface area contributed by atoms with E-state index in [1.54, 1.807) is 19.3 Å². The number of rotatable bonds is 8. The van der Waals surface area contributed by atoms with Gasteiger partial charge in [0, 0.05) is 5.56 Å². The first-order chi connectivity index (χ1) is 14.3. The Kier molecular flexibility index (Phi) is 7.24. The summed E-state index contributed by atoms with van der Waals surface area (Å²) >= 11 is 0. The van der Waals surface area contributed by atoms with Gasteiger partial charge in [0.2, 0.25) is 0 Å². The molecule has 0 aliphatic rings. The molecule has 3 aromatic rings. The normalized spacial score (nSPS) is 11.8. The summed E-state index contributed by atoms with van der Waals surface area (Å²) < 4.78 is 11.1. The molecule has 29 heavy (non-hydrogen) atoms. The summed E-state index contributed by atoms with van der Waals surface area (Å²) in [7, 11) is 1.63. The molecule has 4 nitrogen and oxygen atoms in total. The molecule has 0 aliphatic heterocycles. The van der Waals surface area contributed by atoms with E-state index in [0.717, 1.165) is 28.2 Å². The van der Waals surface area contributed by atoms with Gasteiger partial charge in [-0.05, 0) is 47.6 Å². The van der Waals surface area contributed by atoms with Crippen LogP contribution >= 0.6 is 0 Å². The van der Waals surface area contributed by atoms with Crippen molar-refractivity contribution in [2.45, 2.75) is 6.61 Å². The fourth-order valence-electron chi connectivity index (χ4n) is 2.68. The third kappa shape index (κ3) is 6.11. The van der Waals surface area contributed by atoms with E-state index in [1.165, 1.54) is 0 Å². The number of oxime groups is 1. The van der Waals surface area contributed by atoms with Crippen molar-refractivity contribution >= 4 is 17.9 Å². The van der Waals surface area contributed by atoms with Gasteiger partial charge in [-0.15, -0.1) is 0 Å². The predicted octanol–water partition coefficient (Wildman–Crippen LogP) is 5.83. The molecule has 0 aromatic heterocycles. The number of ether oxygens (including phenoxy) is 2. The average Bonchev–Trinajstić information content (AvgIpc) is 2.79. The molecule has 3 rings (SSSR count). The van der Waals surface area contributed by atoms with Gasteiger partial charge in [-0.2, -0.15) is 0 Å². The molecule has 1 N–H and O–H groups in total. The maximum atomic E-state index is 9.32. The van der Waals surface area contributed by atoms with Crippen LogP contribution in [0.5, 0.6) is 11.5 Å².